The summed E-state index contributed by atoms with van der Waals surface area (Å²) in [5.74, 6) is 1.29. The third kappa shape index (κ3) is 6.12. The highest BCUT2D eigenvalue weighted by molar-refractivity contribution is 6.30. The molecule has 7 nitrogen and oxygen atoms in total. The molecular weight excluding hydrogens is 598 g/mol. The Kier molecular flexibility index (Phi) is 8.03. The summed E-state index contributed by atoms with van der Waals surface area (Å²) >= 11 is 6.18. The van der Waals surface area contributed by atoms with Crippen LogP contribution in [-0.2, 0) is 11.3 Å². The number of halogens is 1. The van der Waals surface area contributed by atoms with Crippen molar-refractivity contribution < 1.29 is 19.4 Å². The van der Waals surface area contributed by atoms with Crippen molar-refractivity contribution in [3.8, 4) is 28.3 Å². The maximum atomic E-state index is 11.7. The van der Waals surface area contributed by atoms with Gasteiger partial charge in [-0.05, 0) is 110 Å². The third-order valence-electron chi connectivity index (χ3n) is 8.86. The van der Waals surface area contributed by atoms with Crippen LogP contribution in [0, 0.1) is 0 Å². The van der Waals surface area contributed by atoms with E-state index in [0.717, 1.165) is 57.7 Å². The van der Waals surface area contributed by atoms with E-state index in [4.69, 9.17) is 31.1 Å². The van der Waals surface area contributed by atoms with Crippen molar-refractivity contribution in [1.82, 2.24) is 9.55 Å². The minimum absolute atomic E-state index is 0.244. The van der Waals surface area contributed by atoms with Crippen LogP contribution in [0.1, 0.15) is 73.5 Å². The van der Waals surface area contributed by atoms with Gasteiger partial charge in [0.2, 0.25) is 5.90 Å². The van der Waals surface area contributed by atoms with Gasteiger partial charge in [-0.15, -0.1) is 0 Å². The summed E-state index contributed by atoms with van der Waals surface area (Å²) in [6.45, 7) is 5.02. The third-order valence-corrected chi connectivity index (χ3v) is 9.11. The number of carboxylic acid groups (broad SMARTS) is 1. The van der Waals surface area contributed by atoms with Gasteiger partial charge in [0.1, 0.15) is 24.8 Å². The molecule has 1 fully saturated rings. The topological polar surface area (TPSA) is 85.9 Å². The molecule has 2 heterocycles. The van der Waals surface area contributed by atoms with Crippen LogP contribution < -0.4 is 4.74 Å². The fourth-order valence-electron chi connectivity index (χ4n) is 6.50. The molecule has 234 valence electrons. The van der Waals surface area contributed by atoms with E-state index in [9.17, 15) is 9.90 Å². The lowest BCUT2D eigenvalue weighted by Crippen LogP contribution is -2.17. The van der Waals surface area contributed by atoms with Gasteiger partial charge in [-0.2, -0.15) is 0 Å². The Balaban J connectivity index is 1.18. The molecule has 1 aliphatic heterocycles. The van der Waals surface area contributed by atoms with Gasteiger partial charge in [0.25, 0.3) is 0 Å². The average molecular weight is 634 g/mol. The molecule has 0 spiro atoms. The number of aliphatic imine (C=N–C) groups is 1. The number of rotatable bonds is 8. The zero-order valence-corrected chi connectivity index (χ0v) is 26.8. The summed E-state index contributed by atoms with van der Waals surface area (Å²) < 4.78 is 14.6. The van der Waals surface area contributed by atoms with Crippen molar-refractivity contribution >= 4 is 34.5 Å². The van der Waals surface area contributed by atoms with Crippen LogP contribution in [0.3, 0.4) is 0 Å². The van der Waals surface area contributed by atoms with Crippen LogP contribution in [0.2, 0.25) is 5.02 Å². The Hall–Kier alpha value is -4.62. The van der Waals surface area contributed by atoms with Crippen molar-refractivity contribution in [3.05, 3.63) is 107 Å². The van der Waals surface area contributed by atoms with Crippen LogP contribution in [0.25, 0.3) is 33.5 Å². The fourth-order valence-corrected chi connectivity index (χ4v) is 6.62. The van der Waals surface area contributed by atoms with Crippen LogP contribution >= 0.6 is 11.6 Å². The quantitative estimate of drug-likeness (QED) is 0.184. The fraction of sp³-hybridized carbons (Fsp3) is 0.289. The lowest BCUT2D eigenvalue weighted by molar-refractivity contribution is 0.0697. The SMILES string of the molecule is CC1(C)COC(c2ccc(-c3ccc(Cl)cc3)c(COc3ccc(-c4nc5cc(C(=O)O)ccc5n4C4CCCCC4)cc3)c2)=N1. The molecular formula is C38H36ClN3O4. The molecule has 0 atom stereocenters. The summed E-state index contributed by atoms with van der Waals surface area (Å²) in [4.78, 5) is 21.4. The molecule has 7 rings (SSSR count). The van der Waals surface area contributed by atoms with E-state index in [0.29, 0.717) is 35.7 Å². The van der Waals surface area contributed by atoms with Gasteiger partial charge < -0.3 is 19.1 Å². The molecule has 0 radical (unpaired) electrons. The number of benzene rings is 4. The number of carboxylic acids is 1. The van der Waals surface area contributed by atoms with E-state index < -0.39 is 5.97 Å². The average Bonchev–Trinajstić information content (AvgIpc) is 3.64. The second-order valence-electron chi connectivity index (χ2n) is 12.8. The Labute approximate surface area is 273 Å². The molecule has 2 aliphatic rings. The molecule has 8 heteroatoms. The summed E-state index contributed by atoms with van der Waals surface area (Å²) in [6, 6.07) is 27.6. The first-order valence-corrected chi connectivity index (χ1v) is 16.2. The first-order chi connectivity index (χ1) is 22.2. The van der Waals surface area contributed by atoms with Crippen molar-refractivity contribution in [2.75, 3.05) is 6.61 Å². The highest BCUT2D eigenvalue weighted by atomic mass is 35.5. The minimum Gasteiger partial charge on any atom is -0.489 e. The Bertz CT molecular complexity index is 1940. The monoisotopic (exact) mass is 633 g/mol. The van der Waals surface area contributed by atoms with E-state index in [1.807, 2.05) is 60.7 Å². The van der Waals surface area contributed by atoms with E-state index >= 15 is 0 Å². The zero-order chi connectivity index (χ0) is 31.8. The molecule has 5 aromatic rings. The molecule has 0 saturated heterocycles. The minimum atomic E-state index is -0.950. The van der Waals surface area contributed by atoms with E-state index in [1.54, 1.807) is 12.1 Å². The van der Waals surface area contributed by atoms with Gasteiger partial charge in [-0.25, -0.2) is 14.8 Å². The van der Waals surface area contributed by atoms with Crippen LogP contribution in [0.5, 0.6) is 5.75 Å². The summed E-state index contributed by atoms with van der Waals surface area (Å²) in [5, 5.41) is 10.3. The normalized spacial score (nSPS) is 16.3. The molecule has 46 heavy (non-hydrogen) atoms. The molecule has 1 saturated carbocycles. The molecule has 0 unspecified atom stereocenters. The maximum absolute atomic E-state index is 11.7. The van der Waals surface area contributed by atoms with Gasteiger partial charge in [0.15, 0.2) is 0 Å². The second kappa shape index (κ2) is 12.3. The predicted octanol–water partition coefficient (Wildman–Crippen LogP) is 9.36. The lowest BCUT2D eigenvalue weighted by atomic mass is 9.95. The highest BCUT2D eigenvalue weighted by Crippen LogP contribution is 2.37. The van der Waals surface area contributed by atoms with Gasteiger partial charge >= 0.3 is 5.97 Å². The molecule has 0 bridgehead atoms. The largest absolute Gasteiger partial charge is 0.489 e. The van der Waals surface area contributed by atoms with E-state index in [2.05, 4.69) is 30.5 Å². The zero-order valence-electron chi connectivity index (χ0n) is 26.0. The highest BCUT2D eigenvalue weighted by Gasteiger charge is 2.28. The Morgan fingerprint density at radius 2 is 1.65 bits per heavy atom. The van der Waals surface area contributed by atoms with Gasteiger partial charge in [-0.1, -0.05) is 49.1 Å². The van der Waals surface area contributed by atoms with E-state index in [-0.39, 0.29) is 11.1 Å². The van der Waals surface area contributed by atoms with Gasteiger partial charge in [-0.3, -0.25) is 0 Å². The van der Waals surface area contributed by atoms with Crippen molar-refractivity contribution in [2.45, 2.75) is 64.1 Å². The van der Waals surface area contributed by atoms with Crippen LogP contribution in [0.4, 0.5) is 0 Å². The first kappa shape index (κ1) is 30.1. The number of hydrogen-bond acceptors (Lipinski definition) is 5. The second-order valence-corrected chi connectivity index (χ2v) is 13.3. The Morgan fingerprint density at radius 3 is 2.35 bits per heavy atom. The molecule has 4 aromatic carbocycles. The molecule has 0 amide bonds. The number of imidazole rings is 1. The first-order valence-electron chi connectivity index (χ1n) is 15.8. The molecule has 1 aliphatic carbocycles. The number of nitrogens with zero attached hydrogens (tertiary/aromatic N) is 3. The van der Waals surface area contributed by atoms with Crippen LogP contribution in [0.15, 0.2) is 89.9 Å². The summed E-state index contributed by atoms with van der Waals surface area (Å²) in [7, 11) is 0. The molecule has 1 N–H and O–H groups in total. The van der Waals surface area contributed by atoms with Crippen molar-refractivity contribution in [3.63, 3.8) is 0 Å². The number of carbonyl (C=O) groups is 1. The standard InChI is InChI=1S/C38H36ClN3O4/c1-38(2)23-46-36(41-38)26-12-18-32(24-8-14-29(39)15-9-24)28(20-26)22-45-31-16-10-25(11-17-31)35-40-33-21-27(37(43)44)13-19-34(33)42(35)30-6-4-3-5-7-30/h8-21,30H,3-7,22-23H2,1-2H3,(H,43,44). The molecule has 1 aromatic heterocycles. The number of aromatic nitrogens is 2. The van der Waals surface area contributed by atoms with Gasteiger partial charge in [0.05, 0.1) is 22.1 Å². The van der Waals surface area contributed by atoms with Crippen molar-refractivity contribution in [2.24, 2.45) is 4.99 Å². The lowest BCUT2D eigenvalue weighted by Gasteiger charge is -2.25. The Morgan fingerprint density at radius 1 is 0.935 bits per heavy atom. The predicted molar refractivity (Wildman–Crippen MR) is 182 cm³/mol. The van der Waals surface area contributed by atoms with Crippen LogP contribution in [-0.4, -0.2) is 38.7 Å². The smallest absolute Gasteiger partial charge is 0.335 e. The van der Waals surface area contributed by atoms with Crippen molar-refractivity contribution in [1.29, 1.82) is 0 Å². The summed E-state index contributed by atoms with van der Waals surface area (Å²) in [6.07, 6.45) is 5.78. The maximum Gasteiger partial charge on any atom is 0.335 e. The van der Waals surface area contributed by atoms with E-state index in [1.165, 1.54) is 19.3 Å². The number of hydrogen-bond donors (Lipinski definition) is 1. The van der Waals surface area contributed by atoms with Gasteiger partial charge in [0, 0.05) is 22.2 Å². The number of fused-ring (bicyclic) bond motifs is 1. The number of aromatic carboxylic acids is 1. The number of ether oxygens (including phenoxy) is 2. The summed E-state index contributed by atoms with van der Waals surface area (Å²) in [5.41, 5.74) is 6.67.